The zero-order valence-corrected chi connectivity index (χ0v) is 15.2. The van der Waals surface area contributed by atoms with Gasteiger partial charge in [0, 0.05) is 6.54 Å². The van der Waals surface area contributed by atoms with Gasteiger partial charge in [0.25, 0.3) is 17.6 Å². The highest BCUT2D eigenvalue weighted by Crippen LogP contribution is 2.42. The molecule has 0 saturated carbocycles. The van der Waals surface area contributed by atoms with Crippen LogP contribution in [0.25, 0.3) is 0 Å². The number of carboxylic acid groups (broad SMARTS) is 1. The second-order valence-corrected chi connectivity index (χ2v) is 6.55. The molecule has 1 rings (SSSR count). The number of halogens is 2. The number of amides is 2. The third kappa shape index (κ3) is 4.95. The Morgan fingerprint density at radius 3 is 2.31 bits per heavy atom. The lowest BCUT2D eigenvalue weighted by atomic mass is 9.97. The van der Waals surface area contributed by atoms with Crippen molar-refractivity contribution in [3.05, 3.63) is 0 Å². The molecule has 0 radical (unpaired) electrons. The van der Waals surface area contributed by atoms with Gasteiger partial charge in [-0.3, -0.25) is 9.59 Å². The van der Waals surface area contributed by atoms with Crippen LogP contribution in [0.2, 0.25) is 0 Å². The molecule has 11 N–H and O–H groups in total. The van der Waals surface area contributed by atoms with Gasteiger partial charge in [-0.1, -0.05) is 0 Å². The predicted octanol–water partition coefficient (Wildman–Crippen LogP) is -5.90. The Hall–Kier alpha value is -2.01. The Morgan fingerprint density at radius 2 is 1.86 bits per heavy atom. The Morgan fingerprint density at radius 1 is 1.31 bits per heavy atom. The van der Waals surface area contributed by atoms with Gasteiger partial charge in [0.2, 0.25) is 0 Å². The van der Waals surface area contributed by atoms with Crippen molar-refractivity contribution in [2.24, 2.45) is 0 Å². The lowest BCUT2D eigenvalue weighted by molar-refractivity contribution is -0.398. The van der Waals surface area contributed by atoms with Crippen LogP contribution in [0.4, 0.5) is 8.78 Å². The number of rotatable bonds is 9. The molecule has 15 heteroatoms. The molecule has 29 heavy (non-hydrogen) atoms. The zero-order valence-electron chi connectivity index (χ0n) is 15.2. The fourth-order valence-corrected chi connectivity index (χ4v) is 2.41. The first-order valence-electron chi connectivity index (χ1n) is 8.28. The molecule has 0 aromatic rings. The molecule has 1 aliphatic rings. The van der Waals surface area contributed by atoms with Crippen LogP contribution in [-0.2, 0) is 19.1 Å². The monoisotopic (exact) mass is 432 g/mol. The molecule has 0 aliphatic carbocycles. The maximum absolute atomic E-state index is 14.5. The fourth-order valence-electron chi connectivity index (χ4n) is 2.41. The van der Waals surface area contributed by atoms with Crippen LogP contribution < -0.4 is 16.4 Å². The van der Waals surface area contributed by atoms with E-state index in [2.05, 4.69) is 10.5 Å². The first-order valence-corrected chi connectivity index (χ1v) is 8.28. The van der Waals surface area contributed by atoms with Gasteiger partial charge < -0.3 is 51.7 Å². The molecule has 0 aromatic carbocycles. The van der Waals surface area contributed by atoms with Crippen LogP contribution in [0.15, 0.2) is 0 Å². The molecule has 0 bridgehead atoms. The van der Waals surface area contributed by atoms with Crippen molar-refractivity contribution in [3.63, 3.8) is 0 Å². The van der Waals surface area contributed by atoms with E-state index in [-0.39, 0.29) is 0 Å². The van der Waals surface area contributed by atoms with Crippen molar-refractivity contribution < 1.29 is 64.3 Å². The SMILES string of the molecule is C[C@@H]([NH3+])C(=O)N[C@@H](CNC(=O)C(F)(F)[C@]1(O)O[C@@H](C(O)CO)[C@H](O)[C@H]1O)C(=O)O. The Bertz CT molecular complexity index is 637. The molecule has 13 nitrogen and oxygen atoms in total. The highest BCUT2D eigenvalue weighted by atomic mass is 19.3. The minimum absolute atomic E-state index is 0.837. The van der Waals surface area contributed by atoms with E-state index in [0.717, 1.165) is 0 Å². The molecular formula is C14H24F2N3O10+. The van der Waals surface area contributed by atoms with Crippen molar-refractivity contribution in [2.75, 3.05) is 13.2 Å². The smallest absolute Gasteiger partial charge is 0.379 e. The van der Waals surface area contributed by atoms with Crippen LogP contribution in [0, 0.1) is 0 Å². The molecular weight excluding hydrogens is 408 g/mol. The van der Waals surface area contributed by atoms with Gasteiger partial charge in [-0.25, -0.2) is 4.79 Å². The van der Waals surface area contributed by atoms with Crippen LogP contribution in [0.1, 0.15) is 6.92 Å². The predicted molar refractivity (Wildman–Crippen MR) is 84.8 cm³/mol. The number of ether oxygens (including phenoxy) is 1. The Balaban J connectivity index is 2.94. The highest BCUT2D eigenvalue weighted by Gasteiger charge is 2.71. The number of hydrogen-bond acceptors (Lipinski definition) is 9. The molecule has 2 amide bonds. The molecule has 1 heterocycles. The molecule has 1 aliphatic heterocycles. The summed E-state index contributed by atoms with van der Waals surface area (Å²) in [7, 11) is 0. The van der Waals surface area contributed by atoms with E-state index in [1.807, 2.05) is 5.32 Å². The number of aliphatic carboxylic acids is 1. The number of alkyl halides is 2. The lowest BCUT2D eigenvalue weighted by Crippen LogP contribution is -2.68. The standard InChI is InChI=1S/C14H23F2N3O10/c1-4(17)10(24)19-5(11(25)26)2-18-12(27)13(15,16)14(28)9(23)7(22)8(29-14)6(21)3-20/h4-9,20-23,28H,2-3,17H2,1H3,(H,18,27)(H,19,24)(H,25,26)/p+1/t4-,5+,6?,7+,8+,9-,14-/m1/s1. The summed E-state index contributed by atoms with van der Waals surface area (Å²) in [6.07, 6.45) is -9.08. The summed E-state index contributed by atoms with van der Waals surface area (Å²) in [4.78, 5) is 34.5. The average molecular weight is 432 g/mol. The minimum Gasteiger partial charge on any atom is -0.480 e. The Labute approximate surface area is 162 Å². The first kappa shape index (κ1) is 25.0. The van der Waals surface area contributed by atoms with Gasteiger partial charge in [0.05, 0.1) is 6.61 Å². The van der Waals surface area contributed by atoms with Gasteiger partial charge in [-0.2, -0.15) is 8.78 Å². The van der Waals surface area contributed by atoms with E-state index < -0.39 is 79.1 Å². The number of carboxylic acids is 1. The minimum atomic E-state index is -4.94. The molecule has 0 spiro atoms. The average Bonchev–Trinajstić information content (AvgIpc) is 2.89. The molecule has 1 fully saturated rings. The number of nitrogens with one attached hydrogen (secondary N) is 2. The van der Waals surface area contributed by atoms with Crippen LogP contribution in [0.3, 0.4) is 0 Å². The number of carbonyl (C=O) groups is 3. The summed E-state index contributed by atoms with van der Waals surface area (Å²) in [5.74, 6) is -13.7. The normalized spacial score (nSPS) is 30.3. The largest absolute Gasteiger partial charge is 0.480 e. The topological polar surface area (TPSA) is 234 Å². The zero-order chi connectivity index (χ0) is 22.7. The van der Waals surface area contributed by atoms with Gasteiger partial charge in [0.1, 0.15) is 30.5 Å². The van der Waals surface area contributed by atoms with Gasteiger partial charge in [0.15, 0.2) is 6.04 Å². The fraction of sp³-hybridized carbons (Fsp3) is 0.786. The van der Waals surface area contributed by atoms with E-state index in [9.17, 15) is 43.6 Å². The molecule has 0 aromatic heterocycles. The maximum atomic E-state index is 14.5. The maximum Gasteiger partial charge on any atom is 0.379 e. The second-order valence-electron chi connectivity index (χ2n) is 6.55. The van der Waals surface area contributed by atoms with E-state index in [4.69, 9.17) is 10.2 Å². The Kier molecular flexibility index (Phi) is 7.94. The number of aliphatic hydroxyl groups excluding tert-OH is 4. The molecule has 168 valence electrons. The van der Waals surface area contributed by atoms with Crippen molar-refractivity contribution in [1.82, 2.24) is 10.6 Å². The number of hydrogen-bond donors (Lipinski definition) is 9. The van der Waals surface area contributed by atoms with E-state index in [1.165, 1.54) is 12.2 Å². The third-order valence-electron chi connectivity index (χ3n) is 4.21. The molecule has 7 atom stereocenters. The summed E-state index contributed by atoms with van der Waals surface area (Å²) in [5, 5.41) is 60.1. The summed E-state index contributed by atoms with van der Waals surface area (Å²) in [6, 6.07) is -2.70. The van der Waals surface area contributed by atoms with Crippen LogP contribution in [-0.4, -0.2) is 110 Å². The quantitative estimate of drug-likeness (QED) is 0.167. The second kappa shape index (κ2) is 9.21. The van der Waals surface area contributed by atoms with Crippen molar-refractivity contribution >= 4 is 17.8 Å². The summed E-state index contributed by atoms with van der Waals surface area (Å²) < 4.78 is 33.3. The van der Waals surface area contributed by atoms with Gasteiger partial charge in [-0.15, -0.1) is 0 Å². The van der Waals surface area contributed by atoms with Crippen LogP contribution >= 0.6 is 0 Å². The summed E-state index contributed by atoms with van der Waals surface area (Å²) in [6.45, 7) is -0.773. The molecule has 1 unspecified atom stereocenters. The van der Waals surface area contributed by atoms with Crippen molar-refractivity contribution in [1.29, 1.82) is 0 Å². The summed E-state index contributed by atoms with van der Waals surface area (Å²) >= 11 is 0. The number of aliphatic hydroxyl groups is 5. The van der Waals surface area contributed by atoms with Crippen molar-refractivity contribution in [2.45, 2.75) is 55.1 Å². The summed E-state index contributed by atoms with van der Waals surface area (Å²) in [5.41, 5.74) is 3.34. The van der Waals surface area contributed by atoms with E-state index in [0.29, 0.717) is 0 Å². The number of quaternary nitrogens is 1. The first-order chi connectivity index (χ1) is 13.2. The third-order valence-corrected chi connectivity index (χ3v) is 4.21. The van der Waals surface area contributed by atoms with Gasteiger partial charge in [-0.05, 0) is 6.92 Å². The van der Waals surface area contributed by atoms with Gasteiger partial charge >= 0.3 is 11.9 Å². The van der Waals surface area contributed by atoms with Crippen LogP contribution in [0.5, 0.6) is 0 Å². The molecule has 1 saturated heterocycles. The lowest BCUT2D eigenvalue weighted by Gasteiger charge is -2.33. The van der Waals surface area contributed by atoms with E-state index >= 15 is 0 Å². The van der Waals surface area contributed by atoms with Crippen molar-refractivity contribution in [3.8, 4) is 0 Å². The number of carbonyl (C=O) groups excluding carboxylic acids is 2. The highest BCUT2D eigenvalue weighted by molar-refractivity contribution is 5.88. The van der Waals surface area contributed by atoms with E-state index in [1.54, 1.807) is 0 Å².